The van der Waals surface area contributed by atoms with Crippen LogP contribution in [0.2, 0.25) is 0 Å². The third-order valence-corrected chi connectivity index (χ3v) is 3.95. The highest BCUT2D eigenvalue weighted by molar-refractivity contribution is 5.43. The number of aryl methyl sites for hydroxylation is 1. The average Bonchev–Trinajstić information content (AvgIpc) is 3.07. The molecule has 0 aromatic carbocycles. The number of nitrogens with one attached hydrogen (secondary N) is 1. The molecule has 118 valence electrons. The summed E-state index contributed by atoms with van der Waals surface area (Å²) in [5.41, 5.74) is 0.992. The fourth-order valence-corrected chi connectivity index (χ4v) is 2.67. The van der Waals surface area contributed by atoms with Gasteiger partial charge in [0.1, 0.15) is 18.5 Å². The van der Waals surface area contributed by atoms with Crippen molar-refractivity contribution in [3.05, 3.63) is 24.4 Å². The Kier molecular flexibility index (Phi) is 4.50. The van der Waals surface area contributed by atoms with Crippen molar-refractivity contribution < 1.29 is 0 Å². The van der Waals surface area contributed by atoms with Crippen molar-refractivity contribution in [2.45, 2.75) is 39.2 Å². The molecule has 1 atom stereocenters. The maximum Gasteiger partial charge on any atom is 0.227 e. The number of anilines is 2. The van der Waals surface area contributed by atoms with Crippen molar-refractivity contribution in [3.63, 3.8) is 0 Å². The highest BCUT2D eigenvalue weighted by Gasteiger charge is 2.15. The Morgan fingerprint density at radius 2 is 2.05 bits per heavy atom. The Hall–Kier alpha value is -2.18. The van der Waals surface area contributed by atoms with Crippen LogP contribution in [0.15, 0.2) is 18.7 Å². The van der Waals surface area contributed by atoms with E-state index in [1.54, 1.807) is 12.7 Å². The van der Waals surface area contributed by atoms with E-state index < -0.39 is 0 Å². The molecule has 0 aliphatic carbocycles. The van der Waals surface area contributed by atoms with Gasteiger partial charge in [0.05, 0.1) is 6.04 Å². The molecule has 0 unspecified atom stereocenters. The van der Waals surface area contributed by atoms with E-state index in [1.165, 1.54) is 19.3 Å². The first-order valence-electron chi connectivity index (χ1n) is 7.91. The van der Waals surface area contributed by atoms with Crippen LogP contribution >= 0.6 is 0 Å². The summed E-state index contributed by atoms with van der Waals surface area (Å²) in [5, 5.41) is 7.55. The van der Waals surface area contributed by atoms with E-state index in [9.17, 15) is 0 Å². The van der Waals surface area contributed by atoms with Crippen LogP contribution in [-0.4, -0.2) is 44.4 Å². The summed E-state index contributed by atoms with van der Waals surface area (Å²) in [5.74, 6) is 1.72. The van der Waals surface area contributed by atoms with Crippen LogP contribution in [0.1, 0.15) is 37.9 Å². The van der Waals surface area contributed by atoms with Gasteiger partial charge >= 0.3 is 0 Å². The summed E-state index contributed by atoms with van der Waals surface area (Å²) in [6.07, 6.45) is 7.05. The molecule has 2 aromatic heterocycles. The quantitative estimate of drug-likeness (QED) is 0.911. The topological polar surface area (TPSA) is 71.8 Å². The first-order valence-corrected chi connectivity index (χ1v) is 7.91. The number of hydrogen-bond donors (Lipinski definition) is 1. The van der Waals surface area contributed by atoms with Crippen LogP contribution in [0.4, 0.5) is 11.8 Å². The molecule has 22 heavy (non-hydrogen) atoms. The van der Waals surface area contributed by atoms with E-state index in [-0.39, 0.29) is 6.04 Å². The second kappa shape index (κ2) is 6.72. The molecule has 0 bridgehead atoms. The van der Waals surface area contributed by atoms with Crippen molar-refractivity contribution in [2.24, 2.45) is 0 Å². The molecule has 7 heteroatoms. The Bertz CT molecular complexity index is 590. The van der Waals surface area contributed by atoms with Crippen LogP contribution in [0.5, 0.6) is 0 Å². The minimum atomic E-state index is 0.219. The fourth-order valence-electron chi connectivity index (χ4n) is 2.67. The third kappa shape index (κ3) is 3.52. The van der Waals surface area contributed by atoms with Gasteiger partial charge in [-0.25, -0.2) is 14.6 Å². The smallest absolute Gasteiger partial charge is 0.227 e. The lowest BCUT2D eigenvalue weighted by Crippen LogP contribution is -2.31. The van der Waals surface area contributed by atoms with Crippen LogP contribution in [0, 0.1) is 6.92 Å². The summed E-state index contributed by atoms with van der Waals surface area (Å²) in [6.45, 7) is 6.97. The summed E-state index contributed by atoms with van der Waals surface area (Å²) < 4.78 is 1.84. The predicted molar refractivity (Wildman–Crippen MR) is 86.1 cm³/mol. The molecule has 0 spiro atoms. The largest absolute Gasteiger partial charge is 0.368 e. The molecule has 1 aliphatic rings. The molecule has 0 amide bonds. The molecule has 3 heterocycles. The van der Waals surface area contributed by atoms with Gasteiger partial charge in [-0.1, -0.05) is 0 Å². The van der Waals surface area contributed by atoms with E-state index in [4.69, 9.17) is 0 Å². The molecule has 0 saturated carbocycles. The highest BCUT2D eigenvalue weighted by Crippen LogP contribution is 2.18. The maximum absolute atomic E-state index is 4.67. The number of nitrogens with zero attached hydrogens (tertiary/aromatic N) is 6. The minimum Gasteiger partial charge on any atom is -0.368 e. The zero-order valence-corrected chi connectivity index (χ0v) is 13.2. The van der Waals surface area contributed by atoms with Crippen LogP contribution in [0.25, 0.3) is 0 Å². The lowest BCUT2D eigenvalue weighted by atomic mass is 10.1. The van der Waals surface area contributed by atoms with Crippen molar-refractivity contribution in [3.8, 4) is 0 Å². The first kappa shape index (κ1) is 14.7. The van der Waals surface area contributed by atoms with Gasteiger partial charge in [-0.2, -0.15) is 10.1 Å². The number of aromatic nitrogens is 5. The molecule has 1 N–H and O–H groups in total. The lowest BCUT2D eigenvalue weighted by molar-refractivity contribution is 0.510. The highest BCUT2D eigenvalue weighted by atomic mass is 15.3. The van der Waals surface area contributed by atoms with Gasteiger partial charge in [-0.05, 0) is 33.1 Å². The normalized spacial score (nSPS) is 16.5. The number of rotatable bonds is 5. The van der Waals surface area contributed by atoms with Crippen molar-refractivity contribution in [1.82, 2.24) is 24.7 Å². The molecule has 1 fully saturated rings. The predicted octanol–water partition coefficient (Wildman–Crippen LogP) is 2.04. The second-order valence-electron chi connectivity index (χ2n) is 5.85. The standard InChI is InChI=1S/C15H23N7/c1-12-8-14(17-9-13(2)22-11-16-10-18-22)20-15(19-12)21-6-4-3-5-7-21/h8,10-11,13H,3-7,9H2,1-2H3,(H,17,19,20)/t13-/m0/s1. The van der Waals surface area contributed by atoms with Gasteiger partial charge < -0.3 is 10.2 Å². The molecule has 0 radical (unpaired) electrons. The summed E-state index contributed by atoms with van der Waals surface area (Å²) in [4.78, 5) is 15.5. The Balaban J connectivity index is 1.66. The molecular weight excluding hydrogens is 278 g/mol. The molecule has 3 rings (SSSR count). The van der Waals surface area contributed by atoms with Crippen molar-refractivity contribution >= 4 is 11.8 Å². The van der Waals surface area contributed by atoms with Crippen molar-refractivity contribution in [2.75, 3.05) is 29.9 Å². The maximum atomic E-state index is 4.67. The van der Waals surface area contributed by atoms with Crippen molar-refractivity contribution in [1.29, 1.82) is 0 Å². The Morgan fingerprint density at radius 3 is 2.77 bits per heavy atom. The van der Waals surface area contributed by atoms with Gasteiger partial charge in [-0.3, -0.25) is 0 Å². The molecule has 7 nitrogen and oxygen atoms in total. The minimum absolute atomic E-state index is 0.219. The monoisotopic (exact) mass is 301 g/mol. The first-order chi connectivity index (χ1) is 10.7. The van der Waals surface area contributed by atoms with E-state index in [0.717, 1.165) is 37.1 Å². The summed E-state index contributed by atoms with van der Waals surface area (Å²) in [6, 6.07) is 2.21. The molecule has 2 aromatic rings. The fraction of sp³-hybridized carbons (Fsp3) is 0.600. The molecule has 1 aliphatic heterocycles. The van der Waals surface area contributed by atoms with Crippen LogP contribution in [0.3, 0.4) is 0 Å². The second-order valence-corrected chi connectivity index (χ2v) is 5.85. The lowest BCUT2D eigenvalue weighted by Gasteiger charge is -2.27. The third-order valence-electron chi connectivity index (χ3n) is 3.95. The van der Waals surface area contributed by atoms with E-state index >= 15 is 0 Å². The number of hydrogen-bond acceptors (Lipinski definition) is 6. The van der Waals surface area contributed by atoms with E-state index in [0.29, 0.717) is 0 Å². The van der Waals surface area contributed by atoms with E-state index in [1.807, 2.05) is 17.7 Å². The zero-order chi connectivity index (χ0) is 15.4. The average molecular weight is 301 g/mol. The van der Waals surface area contributed by atoms with Gasteiger partial charge in [0.15, 0.2) is 0 Å². The Morgan fingerprint density at radius 1 is 1.23 bits per heavy atom. The molecular formula is C15H23N7. The van der Waals surface area contributed by atoms with Gasteiger partial charge in [-0.15, -0.1) is 0 Å². The van der Waals surface area contributed by atoms with Gasteiger partial charge in [0.25, 0.3) is 0 Å². The van der Waals surface area contributed by atoms with E-state index in [2.05, 4.69) is 37.2 Å². The Labute approximate surface area is 130 Å². The van der Waals surface area contributed by atoms with Gasteiger partial charge in [0, 0.05) is 31.4 Å². The van der Waals surface area contributed by atoms with Gasteiger partial charge in [0.2, 0.25) is 5.95 Å². The zero-order valence-electron chi connectivity index (χ0n) is 13.2. The summed E-state index contributed by atoms with van der Waals surface area (Å²) in [7, 11) is 0. The summed E-state index contributed by atoms with van der Waals surface area (Å²) >= 11 is 0. The number of piperidine rings is 1. The SMILES string of the molecule is Cc1cc(NC[C@H](C)n2cncn2)nc(N2CCCCC2)n1. The molecule has 1 saturated heterocycles. The van der Waals surface area contributed by atoms with Crippen LogP contribution < -0.4 is 10.2 Å². The van der Waals surface area contributed by atoms with Crippen LogP contribution in [-0.2, 0) is 0 Å².